The quantitative estimate of drug-likeness (QED) is 0.849. The zero-order chi connectivity index (χ0) is 15.2. The molecule has 0 aliphatic carbocycles. The van der Waals surface area contributed by atoms with Gasteiger partial charge in [-0.2, -0.15) is 0 Å². The van der Waals surface area contributed by atoms with Gasteiger partial charge in [-0.15, -0.1) is 0 Å². The Hall–Kier alpha value is -2.63. The third-order valence-corrected chi connectivity index (χ3v) is 2.65. The molecule has 6 nitrogen and oxygen atoms in total. The van der Waals surface area contributed by atoms with Crippen LogP contribution < -0.4 is 10.1 Å². The summed E-state index contributed by atoms with van der Waals surface area (Å²) in [5.41, 5.74) is 1.68. The molecule has 0 bridgehead atoms. The van der Waals surface area contributed by atoms with Crippen LogP contribution in [0.5, 0.6) is 5.88 Å². The molecule has 0 fully saturated rings. The fourth-order valence-corrected chi connectivity index (χ4v) is 1.68. The molecule has 0 aliphatic heterocycles. The number of rotatable bonds is 6. The minimum atomic E-state index is -0.984. The van der Waals surface area contributed by atoms with Crippen LogP contribution in [0.25, 0.3) is 0 Å². The van der Waals surface area contributed by atoms with Gasteiger partial charge in [0.05, 0.1) is 29.6 Å². The maximum Gasteiger partial charge on any atom is 0.337 e. The van der Waals surface area contributed by atoms with Crippen molar-refractivity contribution in [2.45, 2.75) is 26.5 Å². The van der Waals surface area contributed by atoms with Crippen molar-refractivity contribution in [3.8, 4) is 5.88 Å². The standard InChI is InChI=1S/C15H17N3O3/c1-10(2)21-14-13(4-3-7-16-14)18-9-12-6-5-11(8-17-12)15(19)20/h3-8,10,18H,9H2,1-2H3,(H,19,20). The zero-order valence-corrected chi connectivity index (χ0v) is 11.9. The molecular formula is C15H17N3O3. The zero-order valence-electron chi connectivity index (χ0n) is 11.9. The first-order valence-corrected chi connectivity index (χ1v) is 6.60. The van der Waals surface area contributed by atoms with Crippen LogP contribution >= 0.6 is 0 Å². The summed E-state index contributed by atoms with van der Waals surface area (Å²) in [6.07, 6.45) is 3.05. The van der Waals surface area contributed by atoms with Crippen LogP contribution in [-0.2, 0) is 6.54 Å². The van der Waals surface area contributed by atoms with Crippen LogP contribution in [0, 0.1) is 0 Å². The van der Waals surface area contributed by atoms with E-state index in [1.165, 1.54) is 12.3 Å². The predicted octanol–water partition coefficient (Wildman–Crippen LogP) is 2.57. The van der Waals surface area contributed by atoms with Crippen molar-refractivity contribution in [2.24, 2.45) is 0 Å². The summed E-state index contributed by atoms with van der Waals surface area (Å²) in [6.45, 7) is 4.33. The fourth-order valence-electron chi connectivity index (χ4n) is 1.68. The molecule has 0 saturated carbocycles. The van der Waals surface area contributed by atoms with Crippen molar-refractivity contribution >= 4 is 11.7 Å². The molecule has 0 saturated heterocycles. The number of ether oxygens (including phenoxy) is 1. The van der Waals surface area contributed by atoms with E-state index in [0.717, 1.165) is 11.4 Å². The predicted molar refractivity (Wildman–Crippen MR) is 78.5 cm³/mol. The van der Waals surface area contributed by atoms with Crippen molar-refractivity contribution in [3.05, 3.63) is 47.9 Å². The average Bonchev–Trinajstić information content (AvgIpc) is 2.46. The van der Waals surface area contributed by atoms with Gasteiger partial charge < -0.3 is 15.2 Å². The highest BCUT2D eigenvalue weighted by Gasteiger charge is 2.07. The van der Waals surface area contributed by atoms with Gasteiger partial charge in [-0.1, -0.05) is 0 Å². The van der Waals surface area contributed by atoms with Gasteiger partial charge >= 0.3 is 5.97 Å². The van der Waals surface area contributed by atoms with Crippen molar-refractivity contribution < 1.29 is 14.6 Å². The van der Waals surface area contributed by atoms with Crippen LogP contribution in [-0.4, -0.2) is 27.1 Å². The fraction of sp³-hybridized carbons (Fsp3) is 0.267. The molecular weight excluding hydrogens is 270 g/mol. The van der Waals surface area contributed by atoms with E-state index in [-0.39, 0.29) is 11.7 Å². The van der Waals surface area contributed by atoms with Crippen LogP contribution in [0.2, 0.25) is 0 Å². The number of hydrogen-bond acceptors (Lipinski definition) is 5. The van der Waals surface area contributed by atoms with E-state index in [0.29, 0.717) is 12.4 Å². The Bertz CT molecular complexity index is 612. The number of nitrogens with zero attached hydrogens (tertiary/aromatic N) is 2. The number of hydrogen-bond donors (Lipinski definition) is 2. The minimum absolute atomic E-state index is 0.0356. The second-order valence-corrected chi connectivity index (χ2v) is 4.72. The molecule has 2 rings (SSSR count). The molecule has 2 aromatic rings. The number of aromatic carboxylic acids is 1. The Morgan fingerprint density at radius 1 is 1.33 bits per heavy atom. The molecule has 2 aromatic heterocycles. The van der Waals surface area contributed by atoms with E-state index in [9.17, 15) is 4.79 Å². The van der Waals surface area contributed by atoms with E-state index < -0.39 is 5.97 Å². The van der Waals surface area contributed by atoms with Gasteiger partial charge in [0.15, 0.2) is 0 Å². The summed E-state index contributed by atoms with van der Waals surface area (Å²) in [6, 6.07) is 6.89. The number of aromatic nitrogens is 2. The Morgan fingerprint density at radius 3 is 2.76 bits per heavy atom. The molecule has 0 aromatic carbocycles. The second-order valence-electron chi connectivity index (χ2n) is 4.72. The summed E-state index contributed by atoms with van der Waals surface area (Å²) >= 11 is 0. The number of anilines is 1. The average molecular weight is 287 g/mol. The highest BCUT2D eigenvalue weighted by molar-refractivity contribution is 5.87. The SMILES string of the molecule is CC(C)Oc1ncccc1NCc1ccc(C(=O)O)cn1. The summed E-state index contributed by atoms with van der Waals surface area (Å²) in [4.78, 5) is 19.0. The number of nitrogens with one attached hydrogen (secondary N) is 1. The summed E-state index contributed by atoms with van der Waals surface area (Å²) in [5.74, 6) is -0.448. The number of carbonyl (C=O) groups is 1. The molecule has 2 N–H and O–H groups in total. The number of carboxylic acids is 1. The van der Waals surface area contributed by atoms with Crippen molar-refractivity contribution in [3.63, 3.8) is 0 Å². The van der Waals surface area contributed by atoms with E-state index >= 15 is 0 Å². The largest absolute Gasteiger partial charge is 0.478 e. The van der Waals surface area contributed by atoms with Crippen molar-refractivity contribution in [1.82, 2.24) is 9.97 Å². The van der Waals surface area contributed by atoms with Gasteiger partial charge in [0, 0.05) is 12.4 Å². The molecule has 0 amide bonds. The third kappa shape index (κ3) is 4.17. The first-order valence-electron chi connectivity index (χ1n) is 6.60. The second kappa shape index (κ2) is 6.69. The summed E-state index contributed by atoms with van der Waals surface area (Å²) in [7, 11) is 0. The van der Waals surface area contributed by atoms with Gasteiger partial charge in [0.1, 0.15) is 0 Å². The Balaban J connectivity index is 2.04. The van der Waals surface area contributed by atoms with Gasteiger partial charge in [-0.05, 0) is 38.1 Å². The van der Waals surface area contributed by atoms with Crippen LogP contribution in [0.4, 0.5) is 5.69 Å². The maximum atomic E-state index is 10.8. The van der Waals surface area contributed by atoms with Crippen molar-refractivity contribution in [1.29, 1.82) is 0 Å². The first kappa shape index (κ1) is 14.8. The summed E-state index contributed by atoms with van der Waals surface area (Å²) < 4.78 is 5.61. The van der Waals surface area contributed by atoms with E-state index in [1.54, 1.807) is 12.3 Å². The molecule has 21 heavy (non-hydrogen) atoms. The lowest BCUT2D eigenvalue weighted by atomic mass is 10.2. The monoisotopic (exact) mass is 287 g/mol. The van der Waals surface area contributed by atoms with Gasteiger partial charge in [0.25, 0.3) is 0 Å². The Morgan fingerprint density at radius 2 is 2.14 bits per heavy atom. The van der Waals surface area contributed by atoms with E-state index in [4.69, 9.17) is 9.84 Å². The van der Waals surface area contributed by atoms with Gasteiger partial charge in [0.2, 0.25) is 5.88 Å². The normalized spacial score (nSPS) is 10.4. The molecule has 6 heteroatoms. The van der Waals surface area contributed by atoms with Crippen molar-refractivity contribution in [2.75, 3.05) is 5.32 Å². The smallest absolute Gasteiger partial charge is 0.337 e. The van der Waals surface area contributed by atoms with E-state index in [1.807, 2.05) is 26.0 Å². The number of carboxylic acid groups (broad SMARTS) is 1. The van der Waals surface area contributed by atoms with Gasteiger partial charge in [-0.3, -0.25) is 4.98 Å². The molecule has 0 atom stereocenters. The molecule has 110 valence electrons. The highest BCUT2D eigenvalue weighted by Crippen LogP contribution is 2.22. The lowest BCUT2D eigenvalue weighted by Crippen LogP contribution is -2.10. The molecule has 0 unspecified atom stereocenters. The van der Waals surface area contributed by atoms with E-state index in [2.05, 4.69) is 15.3 Å². The number of pyridine rings is 2. The minimum Gasteiger partial charge on any atom is -0.478 e. The topological polar surface area (TPSA) is 84.3 Å². The summed E-state index contributed by atoms with van der Waals surface area (Å²) in [5, 5.41) is 12.0. The Labute approximate surface area is 122 Å². The van der Waals surface area contributed by atoms with Crippen LogP contribution in [0.1, 0.15) is 29.9 Å². The molecule has 0 spiro atoms. The maximum absolute atomic E-state index is 10.8. The lowest BCUT2D eigenvalue weighted by molar-refractivity contribution is 0.0696. The first-order chi connectivity index (χ1) is 10.1. The Kier molecular flexibility index (Phi) is 4.71. The third-order valence-electron chi connectivity index (χ3n) is 2.65. The molecule has 0 aliphatic rings. The van der Waals surface area contributed by atoms with Gasteiger partial charge in [-0.25, -0.2) is 9.78 Å². The lowest BCUT2D eigenvalue weighted by Gasteiger charge is -2.13. The van der Waals surface area contributed by atoms with Crippen LogP contribution in [0.3, 0.4) is 0 Å². The molecule has 0 radical (unpaired) electrons. The molecule has 2 heterocycles. The van der Waals surface area contributed by atoms with Crippen LogP contribution in [0.15, 0.2) is 36.7 Å². The highest BCUT2D eigenvalue weighted by atomic mass is 16.5.